The van der Waals surface area contributed by atoms with Crippen LogP contribution in [0, 0.1) is 0 Å². The van der Waals surface area contributed by atoms with E-state index in [2.05, 4.69) is 22.1 Å². The van der Waals surface area contributed by atoms with Crippen molar-refractivity contribution in [3.63, 3.8) is 0 Å². The van der Waals surface area contributed by atoms with Crippen LogP contribution >= 0.6 is 0 Å². The Morgan fingerprint density at radius 1 is 1.07 bits per heavy atom. The maximum absolute atomic E-state index is 11.1. The maximum atomic E-state index is 11.1. The first-order chi connectivity index (χ1) is 13.0. The minimum Gasteiger partial charge on any atom is -0.402 e. The van der Waals surface area contributed by atoms with Crippen molar-refractivity contribution in [3.05, 3.63) is 83.7 Å². The Kier molecular flexibility index (Phi) is 5.94. The summed E-state index contributed by atoms with van der Waals surface area (Å²) in [6.45, 7) is 8.21. The molecule has 0 radical (unpaired) electrons. The second-order valence-electron chi connectivity index (χ2n) is 6.81. The van der Waals surface area contributed by atoms with Gasteiger partial charge in [-0.1, -0.05) is 36.9 Å². The predicted octanol–water partition coefficient (Wildman–Crippen LogP) is 3.69. The Morgan fingerprint density at radius 2 is 1.74 bits per heavy atom. The average Bonchev–Trinajstić information content (AvgIpc) is 2.65. The molecule has 3 rings (SSSR count). The van der Waals surface area contributed by atoms with Gasteiger partial charge in [-0.05, 0) is 29.8 Å². The Hall–Kier alpha value is -3.05. The molecule has 1 heterocycles. The minimum atomic E-state index is -0.0616. The van der Waals surface area contributed by atoms with Crippen molar-refractivity contribution in [2.75, 3.05) is 23.7 Å². The van der Waals surface area contributed by atoms with E-state index in [1.54, 1.807) is 0 Å². The van der Waals surface area contributed by atoms with Gasteiger partial charge in [0.2, 0.25) is 5.91 Å². The number of anilines is 2. The first-order valence-corrected chi connectivity index (χ1v) is 9.09. The third kappa shape index (κ3) is 5.21. The summed E-state index contributed by atoms with van der Waals surface area (Å²) in [5, 5.41) is 6.14. The van der Waals surface area contributed by atoms with E-state index in [0.717, 1.165) is 54.4 Å². The van der Waals surface area contributed by atoms with Gasteiger partial charge in [-0.2, -0.15) is 0 Å². The number of benzene rings is 2. The highest BCUT2D eigenvalue weighted by Gasteiger charge is 2.19. The summed E-state index contributed by atoms with van der Waals surface area (Å²) in [6, 6.07) is 18.0. The molecule has 1 amide bonds. The molecular weight excluding hydrogens is 336 g/mol. The van der Waals surface area contributed by atoms with E-state index in [4.69, 9.17) is 5.73 Å². The summed E-state index contributed by atoms with van der Waals surface area (Å²) in [7, 11) is 0. The van der Waals surface area contributed by atoms with Crippen LogP contribution in [0.4, 0.5) is 11.4 Å². The van der Waals surface area contributed by atoms with E-state index in [1.807, 2.05) is 54.6 Å². The predicted molar refractivity (Wildman–Crippen MR) is 111 cm³/mol. The largest absolute Gasteiger partial charge is 0.402 e. The fourth-order valence-electron chi connectivity index (χ4n) is 3.18. The second-order valence-corrected chi connectivity index (χ2v) is 6.81. The lowest BCUT2D eigenvalue weighted by Crippen LogP contribution is -2.34. The maximum Gasteiger partial charge on any atom is 0.221 e. The Labute approximate surface area is 160 Å². The summed E-state index contributed by atoms with van der Waals surface area (Å²) in [5.74, 6) is -0.0616. The SMILES string of the molecule is C=C(Nc1ccccc1)C1=C(N)CCN(Cc2ccc(NC(C)=O)cc2)C1. The molecule has 2 aromatic rings. The molecule has 0 saturated carbocycles. The van der Waals surface area contributed by atoms with Crippen molar-refractivity contribution in [2.24, 2.45) is 5.73 Å². The molecule has 0 saturated heterocycles. The van der Waals surface area contributed by atoms with Crippen LogP contribution in [0.1, 0.15) is 18.9 Å². The van der Waals surface area contributed by atoms with Gasteiger partial charge in [-0.3, -0.25) is 9.69 Å². The summed E-state index contributed by atoms with van der Waals surface area (Å²) in [4.78, 5) is 13.5. The van der Waals surface area contributed by atoms with Crippen molar-refractivity contribution >= 4 is 17.3 Å². The number of carbonyl (C=O) groups is 1. The zero-order valence-electron chi connectivity index (χ0n) is 15.7. The molecule has 0 aromatic heterocycles. The smallest absolute Gasteiger partial charge is 0.221 e. The molecule has 0 aliphatic carbocycles. The standard InChI is InChI=1S/C22H26N4O/c1-16(24-19-6-4-3-5-7-19)21-15-26(13-12-22(21)23)14-18-8-10-20(11-9-18)25-17(2)27/h3-11,24H,1,12-15,23H2,2H3,(H,25,27). The van der Waals surface area contributed by atoms with Crippen LogP contribution in [0.3, 0.4) is 0 Å². The highest BCUT2D eigenvalue weighted by Crippen LogP contribution is 2.23. The lowest BCUT2D eigenvalue weighted by molar-refractivity contribution is -0.114. The van der Waals surface area contributed by atoms with Crippen LogP contribution < -0.4 is 16.4 Å². The zero-order valence-corrected chi connectivity index (χ0v) is 15.7. The first kappa shape index (κ1) is 18.7. The summed E-state index contributed by atoms with van der Waals surface area (Å²) in [5.41, 5.74) is 12.1. The molecule has 1 aliphatic heterocycles. The van der Waals surface area contributed by atoms with Gasteiger partial charge in [0.25, 0.3) is 0 Å². The normalized spacial score (nSPS) is 14.7. The number of amides is 1. The molecule has 0 bridgehead atoms. The fourth-order valence-corrected chi connectivity index (χ4v) is 3.18. The molecule has 5 nitrogen and oxygen atoms in total. The number of nitrogens with one attached hydrogen (secondary N) is 2. The third-order valence-corrected chi connectivity index (χ3v) is 4.58. The molecule has 4 N–H and O–H groups in total. The summed E-state index contributed by atoms with van der Waals surface area (Å²) in [6.07, 6.45) is 0.828. The topological polar surface area (TPSA) is 70.4 Å². The molecule has 0 unspecified atom stereocenters. The lowest BCUT2D eigenvalue weighted by atomic mass is 10.0. The number of para-hydroxylation sites is 1. The number of carbonyl (C=O) groups excluding carboxylic acids is 1. The van der Waals surface area contributed by atoms with E-state index in [1.165, 1.54) is 12.5 Å². The van der Waals surface area contributed by atoms with Gasteiger partial charge in [0.05, 0.1) is 0 Å². The fraction of sp³-hybridized carbons (Fsp3) is 0.227. The monoisotopic (exact) mass is 362 g/mol. The van der Waals surface area contributed by atoms with E-state index in [-0.39, 0.29) is 5.91 Å². The third-order valence-electron chi connectivity index (χ3n) is 4.58. The Balaban J connectivity index is 1.62. The van der Waals surface area contributed by atoms with Gasteiger partial charge in [0.1, 0.15) is 0 Å². The van der Waals surface area contributed by atoms with E-state index in [0.29, 0.717) is 0 Å². The number of hydrogen-bond donors (Lipinski definition) is 3. The van der Waals surface area contributed by atoms with Crippen LogP contribution in [0.25, 0.3) is 0 Å². The van der Waals surface area contributed by atoms with Crippen molar-refractivity contribution in [3.8, 4) is 0 Å². The second kappa shape index (κ2) is 8.56. The van der Waals surface area contributed by atoms with Gasteiger partial charge in [0, 0.05) is 61.3 Å². The van der Waals surface area contributed by atoms with Crippen LogP contribution in [0.2, 0.25) is 0 Å². The first-order valence-electron chi connectivity index (χ1n) is 9.09. The molecule has 27 heavy (non-hydrogen) atoms. The molecule has 5 heteroatoms. The Bertz CT molecular complexity index is 840. The lowest BCUT2D eigenvalue weighted by Gasteiger charge is -2.30. The van der Waals surface area contributed by atoms with Gasteiger partial charge in [-0.25, -0.2) is 0 Å². The van der Waals surface area contributed by atoms with E-state index in [9.17, 15) is 4.79 Å². The van der Waals surface area contributed by atoms with Crippen molar-refractivity contribution in [1.82, 2.24) is 4.90 Å². The molecule has 2 aromatic carbocycles. The number of hydrogen-bond acceptors (Lipinski definition) is 4. The van der Waals surface area contributed by atoms with E-state index < -0.39 is 0 Å². The minimum absolute atomic E-state index is 0.0616. The molecular formula is C22H26N4O. The summed E-state index contributed by atoms with van der Waals surface area (Å²) < 4.78 is 0. The van der Waals surface area contributed by atoms with Crippen molar-refractivity contribution in [2.45, 2.75) is 19.9 Å². The number of rotatable bonds is 6. The number of nitrogens with two attached hydrogens (primary N) is 1. The van der Waals surface area contributed by atoms with Crippen molar-refractivity contribution in [1.29, 1.82) is 0 Å². The van der Waals surface area contributed by atoms with Gasteiger partial charge >= 0.3 is 0 Å². The van der Waals surface area contributed by atoms with E-state index >= 15 is 0 Å². The molecule has 140 valence electrons. The highest BCUT2D eigenvalue weighted by molar-refractivity contribution is 5.88. The average molecular weight is 362 g/mol. The Morgan fingerprint density at radius 3 is 2.41 bits per heavy atom. The quantitative estimate of drug-likeness (QED) is 0.733. The molecule has 0 fully saturated rings. The van der Waals surface area contributed by atoms with Crippen LogP contribution in [-0.2, 0) is 11.3 Å². The number of nitrogens with zero attached hydrogens (tertiary/aromatic N) is 1. The van der Waals surface area contributed by atoms with Crippen LogP contribution in [0.5, 0.6) is 0 Å². The molecule has 0 spiro atoms. The molecule has 0 atom stereocenters. The zero-order chi connectivity index (χ0) is 19.2. The van der Waals surface area contributed by atoms with Gasteiger partial charge < -0.3 is 16.4 Å². The van der Waals surface area contributed by atoms with Crippen LogP contribution in [-0.4, -0.2) is 23.9 Å². The van der Waals surface area contributed by atoms with Gasteiger partial charge in [-0.15, -0.1) is 0 Å². The highest BCUT2D eigenvalue weighted by atomic mass is 16.1. The van der Waals surface area contributed by atoms with Crippen molar-refractivity contribution < 1.29 is 4.79 Å². The molecule has 1 aliphatic rings. The van der Waals surface area contributed by atoms with Crippen LogP contribution in [0.15, 0.2) is 78.1 Å². The van der Waals surface area contributed by atoms with Gasteiger partial charge in [0.15, 0.2) is 0 Å². The summed E-state index contributed by atoms with van der Waals surface area (Å²) >= 11 is 0.